The number of carbonyl (C=O) groups is 1. The summed E-state index contributed by atoms with van der Waals surface area (Å²) < 4.78 is 10.8. The number of hydrogen-bond donors (Lipinski definition) is 1. The highest BCUT2D eigenvalue weighted by Gasteiger charge is 2.26. The molecule has 1 aromatic rings. The molecule has 0 unspecified atom stereocenters. The second-order valence-electron chi connectivity index (χ2n) is 6.93. The lowest BCUT2D eigenvalue weighted by molar-refractivity contribution is 0.0198. The van der Waals surface area contributed by atoms with Gasteiger partial charge in [0, 0.05) is 31.2 Å². The molecule has 1 aliphatic heterocycles. The number of ether oxygens (including phenoxy) is 2. The lowest BCUT2D eigenvalue weighted by Gasteiger charge is -2.33. The van der Waals surface area contributed by atoms with Crippen LogP contribution >= 0.6 is 0 Å². The van der Waals surface area contributed by atoms with Gasteiger partial charge in [-0.15, -0.1) is 0 Å². The Bertz CT molecular complexity index is 517. The average molecular weight is 320 g/mol. The first kappa shape index (κ1) is 17.6. The van der Waals surface area contributed by atoms with Crippen LogP contribution in [0.3, 0.4) is 0 Å². The number of rotatable bonds is 4. The molecule has 1 heterocycles. The van der Waals surface area contributed by atoms with Crippen molar-refractivity contribution in [3.63, 3.8) is 0 Å². The van der Waals surface area contributed by atoms with Crippen LogP contribution in [0.4, 0.5) is 4.79 Å². The molecule has 1 saturated heterocycles. The predicted molar refractivity (Wildman–Crippen MR) is 90.7 cm³/mol. The quantitative estimate of drug-likeness (QED) is 0.926. The van der Waals surface area contributed by atoms with Crippen LogP contribution in [0.15, 0.2) is 24.3 Å². The second kappa shape index (κ2) is 7.68. The van der Waals surface area contributed by atoms with Gasteiger partial charge in [0.1, 0.15) is 11.4 Å². The van der Waals surface area contributed by atoms with Crippen molar-refractivity contribution in [1.82, 2.24) is 10.2 Å². The van der Waals surface area contributed by atoms with Crippen molar-refractivity contribution in [2.45, 2.75) is 51.8 Å². The Labute approximate surface area is 139 Å². The van der Waals surface area contributed by atoms with Crippen molar-refractivity contribution in [3.8, 4) is 5.75 Å². The molecule has 0 aromatic heterocycles. The third kappa shape index (κ3) is 5.43. The number of likely N-dealkylation sites (tertiary alicyclic amines) is 1. The van der Waals surface area contributed by atoms with Gasteiger partial charge in [-0.1, -0.05) is 18.2 Å². The van der Waals surface area contributed by atoms with E-state index in [0.29, 0.717) is 6.04 Å². The molecular formula is C18H28N2O3. The first-order chi connectivity index (χ1) is 10.9. The molecular weight excluding hydrogens is 292 g/mol. The Morgan fingerprint density at radius 1 is 1.26 bits per heavy atom. The molecule has 1 aromatic carbocycles. The summed E-state index contributed by atoms with van der Waals surface area (Å²) >= 11 is 0. The van der Waals surface area contributed by atoms with E-state index < -0.39 is 5.60 Å². The Morgan fingerprint density at radius 3 is 2.52 bits per heavy atom. The highest BCUT2D eigenvalue weighted by atomic mass is 16.6. The third-order valence-electron chi connectivity index (χ3n) is 3.92. The number of methoxy groups -OCH3 is 1. The number of piperidine rings is 1. The van der Waals surface area contributed by atoms with Gasteiger partial charge in [-0.05, 0) is 39.7 Å². The third-order valence-corrected chi connectivity index (χ3v) is 3.92. The number of hydrogen-bond acceptors (Lipinski definition) is 4. The summed E-state index contributed by atoms with van der Waals surface area (Å²) in [5, 5.41) is 3.56. The first-order valence-electron chi connectivity index (χ1n) is 8.22. The van der Waals surface area contributed by atoms with E-state index in [1.54, 1.807) is 12.0 Å². The Balaban J connectivity index is 1.78. The minimum Gasteiger partial charge on any atom is -0.496 e. The smallest absolute Gasteiger partial charge is 0.410 e. The number of benzene rings is 1. The Hall–Kier alpha value is -1.75. The van der Waals surface area contributed by atoms with Gasteiger partial charge in [0.05, 0.1) is 7.11 Å². The molecule has 23 heavy (non-hydrogen) atoms. The first-order valence-corrected chi connectivity index (χ1v) is 8.22. The molecule has 1 fully saturated rings. The van der Waals surface area contributed by atoms with Crippen molar-refractivity contribution in [2.24, 2.45) is 0 Å². The number of nitrogens with one attached hydrogen (secondary N) is 1. The molecule has 1 aliphatic rings. The zero-order chi connectivity index (χ0) is 16.9. The van der Waals surface area contributed by atoms with Crippen LogP contribution in [-0.2, 0) is 11.3 Å². The van der Waals surface area contributed by atoms with Crippen LogP contribution in [-0.4, -0.2) is 42.8 Å². The minimum absolute atomic E-state index is 0.208. The maximum Gasteiger partial charge on any atom is 0.410 e. The Morgan fingerprint density at radius 2 is 1.91 bits per heavy atom. The fourth-order valence-corrected chi connectivity index (χ4v) is 2.70. The fraction of sp³-hybridized carbons (Fsp3) is 0.611. The normalized spacial score (nSPS) is 16.3. The van der Waals surface area contributed by atoms with Gasteiger partial charge < -0.3 is 19.7 Å². The van der Waals surface area contributed by atoms with Gasteiger partial charge in [-0.3, -0.25) is 0 Å². The lowest BCUT2D eigenvalue weighted by atomic mass is 10.0. The van der Waals surface area contributed by atoms with Gasteiger partial charge >= 0.3 is 6.09 Å². The highest BCUT2D eigenvalue weighted by Crippen LogP contribution is 2.19. The molecule has 5 heteroatoms. The van der Waals surface area contributed by atoms with Crippen molar-refractivity contribution < 1.29 is 14.3 Å². The van der Waals surface area contributed by atoms with Gasteiger partial charge in [-0.2, -0.15) is 0 Å². The predicted octanol–water partition coefficient (Wildman–Crippen LogP) is 3.18. The van der Waals surface area contributed by atoms with E-state index >= 15 is 0 Å². The monoisotopic (exact) mass is 320 g/mol. The van der Waals surface area contributed by atoms with Crippen molar-refractivity contribution in [1.29, 1.82) is 0 Å². The largest absolute Gasteiger partial charge is 0.496 e. The number of carbonyl (C=O) groups excluding carboxylic acids is 1. The zero-order valence-corrected chi connectivity index (χ0v) is 14.6. The number of nitrogens with zero attached hydrogens (tertiary/aromatic N) is 1. The van der Waals surface area contributed by atoms with Gasteiger partial charge in [0.25, 0.3) is 0 Å². The minimum atomic E-state index is -0.434. The highest BCUT2D eigenvalue weighted by molar-refractivity contribution is 5.68. The van der Waals surface area contributed by atoms with Gasteiger partial charge in [-0.25, -0.2) is 4.79 Å². The number of para-hydroxylation sites is 1. The maximum absolute atomic E-state index is 12.1. The fourth-order valence-electron chi connectivity index (χ4n) is 2.70. The second-order valence-corrected chi connectivity index (χ2v) is 6.93. The van der Waals surface area contributed by atoms with Crippen LogP contribution in [0.1, 0.15) is 39.2 Å². The summed E-state index contributed by atoms with van der Waals surface area (Å²) in [7, 11) is 1.69. The molecule has 0 bridgehead atoms. The summed E-state index contributed by atoms with van der Waals surface area (Å²) in [4.78, 5) is 13.8. The standard InChI is InChI=1S/C18H28N2O3/c1-18(2,3)23-17(21)20-11-9-15(10-12-20)19-13-14-7-5-6-8-16(14)22-4/h5-8,15,19H,9-13H2,1-4H3. The van der Waals surface area contributed by atoms with Gasteiger partial charge in [0.15, 0.2) is 0 Å². The summed E-state index contributed by atoms with van der Waals surface area (Å²) in [6.07, 6.45) is 1.67. The zero-order valence-electron chi connectivity index (χ0n) is 14.6. The summed E-state index contributed by atoms with van der Waals surface area (Å²) in [6.45, 7) is 7.93. The molecule has 0 radical (unpaired) electrons. The van der Waals surface area contributed by atoms with E-state index in [4.69, 9.17) is 9.47 Å². The summed E-state index contributed by atoms with van der Waals surface area (Å²) in [5.74, 6) is 0.909. The molecule has 0 saturated carbocycles. The summed E-state index contributed by atoms with van der Waals surface area (Å²) in [6, 6.07) is 8.45. The van der Waals surface area contributed by atoms with Gasteiger partial charge in [0.2, 0.25) is 0 Å². The van der Waals surface area contributed by atoms with Crippen molar-refractivity contribution in [3.05, 3.63) is 29.8 Å². The Kier molecular flexibility index (Phi) is 5.88. The molecule has 1 amide bonds. The molecule has 2 rings (SSSR count). The van der Waals surface area contributed by atoms with E-state index in [1.807, 2.05) is 39.0 Å². The average Bonchev–Trinajstić information content (AvgIpc) is 2.52. The molecule has 0 atom stereocenters. The van der Waals surface area contributed by atoms with Crippen LogP contribution in [0.2, 0.25) is 0 Å². The maximum atomic E-state index is 12.1. The SMILES string of the molecule is COc1ccccc1CNC1CCN(C(=O)OC(C)(C)C)CC1. The van der Waals surface area contributed by atoms with E-state index in [0.717, 1.165) is 43.8 Å². The van der Waals surface area contributed by atoms with Crippen molar-refractivity contribution in [2.75, 3.05) is 20.2 Å². The molecule has 1 N–H and O–H groups in total. The van der Waals surface area contributed by atoms with Crippen LogP contribution in [0, 0.1) is 0 Å². The van der Waals surface area contributed by atoms with E-state index in [2.05, 4.69) is 11.4 Å². The van der Waals surface area contributed by atoms with Crippen molar-refractivity contribution >= 4 is 6.09 Å². The topological polar surface area (TPSA) is 50.8 Å². The summed E-state index contributed by atoms with van der Waals surface area (Å²) in [5.41, 5.74) is 0.723. The van der Waals surface area contributed by atoms with E-state index in [1.165, 1.54) is 0 Å². The molecule has 0 spiro atoms. The van der Waals surface area contributed by atoms with Crippen LogP contribution in [0.5, 0.6) is 5.75 Å². The molecule has 128 valence electrons. The molecule has 0 aliphatic carbocycles. The van der Waals surface area contributed by atoms with Crippen LogP contribution < -0.4 is 10.1 Å². The van der Waals surface area contributed by atoms with Crippen LogP contribution in [0.25, 0.3) is 0 Å². The molecule has 5 nitrogen and oxygen atoms in total. The lowest BCUT2D eigenvalue weighted by Crippen LogP contribution is -2.46. The van der Waals surface area contributed by atoms with E-state index in [-0.39, 0.29) is 6.09 Å². The number of amides is 1. The van der Waals surface area contributed by atoms with E-state index in [9.17, 15) is 4.79 Å².